The van der Waals surface area contributed by atoms with Crippen LogP contribution < -0.4 is 5.32 Å². The fourth-order valence-corrected chi connectivity index (χ4v) is 1.69. The second-order valence-electron chi connectivity index (χ2n) is 4.85. The van der Waals surface area contributed by atoms with Crippen LogP contribution in [0.1, 0.15) is 58.8 Å². The van der Waals surface area contributed by atoms with E-state index in [9.17, 15) is 9.59 Å². The first-order valence-electron chi connectivity index (χ1n) is 7.65. The minimum Gasteiger partial charge on any atom is -0.466 e. The summed E-state index contributed by atoms with van der Waals surface area (Å²) in [5.41, 5.74) is 0. The number of likely N-dealkylation sites (N-methyl/N-ethyl adjacent to an activating group) is 1. The number of nitrogens with one attached hydrogen (secondary N) is 1. The Morgan fingerprint density at radius 1 is 0.950 bits per heavy atom. The van der Waals surface area contributed by atoms with Crippen LogP contribution in [0.15, 0.2) is 0 Å². The molecule has 0 radical (unpaired) electrons. The van der Waals surface area contributed by atoms with Gasteiger partial charge in [0.05, 0.1) is 19.6 Å². The summed E-state index contributed by atoms with van der Waals surface area (Å²) in [7, 11) is 1.64. The molecule has 0 spiro atoms. The third-order valence-electron chi connectivity index (χ3n) is 3.01. The first kappa shape index (κ1) is 18.9. The maximum Gasteiger partial charge on any atom is 0.323 e. The highest BCUT2D eigenvalue weighted by molar-refractivity contribution is 5.82. The quantitative estimate of drug-likeness (QED) is 0.441. The largest absolute Gasteiger partial charge is 0.466 e. The van der Waals surface area contributed by atoms with Crippen LogP contribution in [-0.4, -0.2) is 38.2 Å². The Labute approximate surface area is 122 Å². The number of carbonyl (C=O) groups excluding carboxylic acids is 2. The van der Waals surface area contributed by atoms with Crippen molar-refractivity contribution in [1.29, 1.82) is 0 Å². The average molecular weight is 287 g/mol. The fourth-order valence-electron chi connectivity index (χ4n) is 1.69. The Hall–Kier alpha value is -1.10. The molecule has 0 aromatic carbocycles. The van der Waals surface area contributed by atoms with E-state index in [1.54, 1.807) is 7.05 Å². The molecule has 0 fully saturated rings. The van der Waals surface area contributed by atoms with E-state index in [4.69, 9.17) is 9.47 Å². The van der Waals surface area contributed by atoms with Crippen molar-refractivity contribution in [1.82, 2.24) is 5.32 Å². The monoisotopic (exact) mass is 287 g/mol. The molecular formula is C15H29NO4. The lowest BCUT2D eigenvalue weighted by atomic mass is 10.2. The molecule has 0 bridgehead atoms. The Morgan fingerprint density at radius 2 is 1.50 bits per heavy atom. The summed E-state index contributed by atoms with van der Waals surface area (Å²) in [5, 5.41) is 2.80. The number of hydrogen-bond acceptors (Lipinski definition) is 5. The molecule has 0 saturated carbocycles. The molecular weight excluding hydrogens is 258 g/mol. The van der Waals surface area contributed by atoms with Crippen LogP contribution in [0.3, 0.4) is 0 Å². The van der Waals surface area contributed by atoms with Crippen LogP contribution >= 0.6 is 0 Å². The van der Waals surface area contributed by atoms with Gasteiger partial charge in [0.15, 0.2) is 0 Å². The number of rotatable bonds is 12. The molecule has 0 aliphatic rings. The number of ether oxygens (including phenoxy) is 2. The van der Waals surface area contributed by atoms with E-state index in [0.717, 1.165) is 38.5 Å². The highest BCUT2D eigenvalue weighted by Gasteiger charge is 2.22. The molecule has 0 heterocycles. The molecule has 1 N–H and O–H groups in total. The van der Waals surface area contributed by atoms with Gasteiger partial charge in [-0.25, -0.2) is 0 Å². The molecule has 1 unspecified atom stereocenters. The van der Waals surface area contributed by atoms with Gasteiger partial charge in [-0.05, 0) is 19.9 Å². The zero-order valence-electron chi connectivity index (χ0n) is 13.1. The van der Waals surface area contributed by atoms with E-state index in [1.807, 2.05) is 0 Å². The molecule has 5 heteroatoms. The summed E-state index contributed by atoms with van der Waals surface area (Å²) < 4.78 is 10.2. The number of unbranched alkanes of at least 4 members (excludes halogenated alkanes) is 4. The van der Waals surface area contributed by atoms with Gasteiger partial charge in [-0.2, -0.15) is 0 Å². The summed E-state index contributed by atoms with van der Waals surface area (Å²) in [5.74, 6) is -0.736. The standard InChI is InChI=1S/C15H29NO4/c1-4-6-8-10-19-14(17)12-13(16-3)15(18)20-11-9-7-5-2/h13,16H,4-12H2,1-3H3. The van der Waals surface area contributed by atoms with E-state index in [2.05, 4.69) is 19.2 Å². The van der Waals surface area contributed by atoms with Crippen molar-refractivity contribution in [3.8, 4) is 0 Å². The predicted octanol–water partition coefficient (Wildman–Crippen LogP) is 2.43. The molecule has 0 aromatic heterocycles. The second-order valence-corrected chi connectivity index (χ2v) is 4.85. The molecule has 0 amide bonds. The molecule has 5 nitrogen and oxygen atoms in total. The molecule has 0 rings (SSSR count). The van der Waals surface area contributed by atoms with Crippen LogP contribution in [0.2, 0.25) is 0 Å². The van der Waals surface area contributed by atoms with E-state index in [1.165, 1.54) is 0 Å². The Bertz CT molecular complexity index is 269. The summed E-state index contributed by atoms with van der Waals surface area (Å²) >= 11 is 0. The van der Waals surface area contributed by atoms with E-state index < -0.39 is 6.04 Å². The van der Waals surface area contributed by atoms with Gasteiger partial charge in [0.25, 0.3) is 0 Å². The summed E-state index contributed by atoms with van der Waals surface area (Å²) in [4.78, 5) is 23.3. The van der Waals surface area contributed by atoms with Crippen LogP contribution in [-0.2, 0) is 19.1 Å². The Balaban J connectivity index is 3.87. The van der Waals surface area contributed by atoms with Gasteiger partial charge < -0.3 is 14.8 Å². The molecule has 0 saturated heterocycles. The lowest BCUT2D eigenvalue weighted by molar-refractivity contribution is -0.152. The average Bonchev–Trinajstić information content (AvgIpc) is 2.45. The van der Waals surface area contributed by atoms with Gasteiger partial charge in [-0.15, -0.1) is 0 Å². The smallest absolute Gasteiger partial charge is 0.323 e. The third kappa shape index (κ3) is 9.78. The maximum atomic E-state index is 11.8. The van der Waals surface area contributed by atoms with Crippen molar-refractivity contribution in [2.24, 2.45) is 0 Å². The zero-order chi connectivity index (χ0) is 15.2. The minimum absolute atomic E-state index is 0.0231. The minimum atomic E-state index is -0.615. The molecule has 0 aliphatic heterocycles. The van der Waals surface area contributed by atoms with Crippen molar-refractivity contribution in [2.75, 3.05) is 20.3 Å². The van der Waals surface area contributed by atoms with Crippen molar-refractivity contribution in [3.05, 3.63) is 0 Å². The van der Waals surface area contributed by atoms with E-state index >= 15 is 0 Å². The molecule has 0 aromatic rings. The zero-order valence-corrected chi connectivity index (χ0v) is 13.1. The fraction of sp³-hybridized carbons (Fsp3) is 0.867. The maximum absolute atomic E-state index is 11.8. The van der Waals surface area contributed by atoms with Gasteiger partial charge in [0.2, 0.25) is 0 Å². The van der Waals surface area contributed by atoms with Crippen molar-refractivity contribution >= 4 is 11.9 Å². The van der Waals surface area contributed by atoms with Crippen molar-refractivity contribution in [2.45, 2.75) is 64.8 Å². The molecule has 20 heavy (non-hydrogen) atoms. The first-order chi connectivity index (χ1) is 9.65. The highest BCUT2D eigenvalue weighted by Crippen LogP contribution is 2.02. The number of esters is 2. The van der Waals surface area contributed by atoms with Gasteiger partial charge in [-0.3, -0.25) is 9.59 Å². The van der Waals surface area contributed by atoms with E-state index in [-0.39, 0.29) is 18.4 Å². The number of carbonyl (C=O) groups is 2. The lowest BCUT2D eigenvalue weighted by Gasteiger charge is -2.14. The van der Waals surface area contributed by atoms with Crippen LogP contribution in [0.4, 0.5) is 0 Å². The lowest BCUT2D eigenvalue weighted by Crippen LogP contribution is -2.38. The topological polar surface area (TPSA) is 64.6 Å². The Kier molecular flexibility index (Phi) is 12.2. The van der Waals surface area contributed by atoms with Crippen molar-refractivity contribution in [3.63, 3.8) is 0 Å². The third-order valence-corrected chi connectivity index (χ3v) is 3.01. The van der Waals surface area contributed by atoms with Gasteiger partial charge in [-0.1, -0.05) is 39.5 Å². The second kappa shape index (κ2) is 12.9. The van der Waals surface area contributed by atoms with Crippen LogP contribution in [0.5, 0.6) is 0 Å². The number of hydrogen-bond donors (Lipinski definition) is 1. The summed E-state index contributed by atoms with van der Waals surface area (Å²) in [6.07, 6.45) is 6.00. The van der Waals surface area contributed by atoms with Crippen LogP contribution in [0.25, 0.3) is 0 Å². The SMILES string of the molecule is CCCCCOC(=O)CC(NC)C(=O)OCCCCC. The molecule has 0 aliphatic carbocycles. The van der Waals surface area contributed by atoms with Gasteiger partial charge >= 0.3 is 11.9 Å². The highest BCUT2D eigenvalue weighted by atomic mass is 16.5. The van der Waals surface area contributed by atoms with Gasteiger partial charge in [0, 0.05) is 0 Å². The molecule has 1 atom stereocenters. The summed E-state index contributed by atoms with van der Waals surface area (Å²) in [6.45, 7) is 5.02. The van der Waals surface area contributed by atoms with E-state index in [0.29, 0.717) is 13.2 Å². The van der Waals surface area contributed by atoms with Gasteiger partial charge in [0.1, 0.15) is 6.04 Å². The predicted molar refractivity (Wildman–Crippen MR) is 78.4 cm³/mol. The molecule has 118 valence electrons. The summed E-state index contributed by atoms with van der Waals surface area (Å²) in [6, 6.07) is -0.615. The first-order valence-corrected chi connectivity index (χ1v) is 7.65. The van der Waals surface area contributed by atoms with Crippen molar-refractivity contribution < 1.29 is 19.1 Å². The Morgan fingerprint density at radius 3 is 2.00 bits per heavy atom. The van der Waals surface area contributed by atoms with Crippen LogP contribution in [0, 0.1) is 0 Å². The normalized spacial score (nSPS) is 11.9.